The van der Waals surface area contributed by atoms with E-state index in [0.29, 0.717) is 35.4 Å². The number of nitrogens with zero attached hydrogens (tertiary/aromatic N) is 2. The molecule has 2 N–H and O–H groups in total. The highest BCUT2D eigenvalue weighted by atomic mass is 32.1. The summed E-state index contributed by atoms with van der Waals surface area (Å²) in [5.74, 6) is 0.740. The Hall–Kier alpha value is -3.13. The van der Waals surface area contributed by atoms with Crippen molar-refractivity contribution in [3.8, 4) is 5.75 Å². The van der Waals surface area contributed by atoms with Crippen LogP contribution in [0.1, 0.15) is 77.4 Å². The number of carboxylic acid groups (broad SMARTS) is 1. The van der Waals surface area contributed by atoms with Crippen LogP contribution in [0.15, 0.2) is 33.9 Å². The standard InChI is InChI=1S/C28H37N3O4S/c1-7-8-13-35-24-22-14-19(9-11-20-16-36-17-29-20)10-12-21(22)26(32)31(15-18(2)3)23(24)25(28(4,5)6)30-27(33)34/h9-12,14,16-18,25,30H,7-8,13,15H2,1-6H3,(H,33,34). The monoisotopic (exact) mass is 511 g/mol. The van der Waals surface area contributed by atoms with Crippen LogP contribution in [0, 0.1) is 11.3 Å². The van der Waals surface area contributed by atoms with Crippen LogP contribution < -0.4 is 15.6 Å². The van der Waals surface area contributed by atoms with E-state index in [1.807, 2.05) is 70.3 Å². The molecule has 1 atom stereocenters. The fraction of sp³-hybridized carbons (Fsp3) is 0.464. The Bertz CT molecular complexity index is 1270. The minimum absolute atomic E-state index is 0.145. The molecule has 3 rings (SSSR count). The van der Waals surface area contributed by atoms with E-state index in [-0.39, 0.29) is 11.5 Å². The summed E-state index contributed by atoms with van der Waals surface area (Å²) < 4.78 is 8.12. The number of nitrogens with one attached hydrogen (secondary N) is 1. The van der Waals surface area contributed by atoms with Crippen LogP contribution in [0.2, 0.25) is 0 Å². The number of pyridine rings is 1. The predicted molar refractivity (Wildman–Crippen MR) is 148 cm³/mol. The summed E-state index contributed by atoms with van der Waals surface area (Å²) in [6.07, 6.45) is 4.55. The number of fused-ring (bicyclic) bond motifs is 1. The Balaban J connectivity index is 2.35. The molecule has 0 saturated heterocycles. The lowest BCUT2D eigenvalue weighted by Gasteiger charge is -2.34. The fourth-order valence-electron chi connectivity index (χ4n) is 4.16. The lowest BCUT2D eigenvalue weighted by Crippen LogP contribution is -2.40. The van der Waals surface area contributed by atoms with Crippen molar-refractivity contribution in [2.75, 3.05) is 6.61 Å². The van der Waals surface area contributed by atoms with Crippen molar-refractivity contribution in [2.45, 2.75) is 67.0 Å². The van der Waals surface area contributed by atoms with Gasteiger partial charge in [0.15, 0.2) is 0 Å². The topological polar surface area (TPSA) is 93.5 Å². The molecular weight excluding hydrogens is 474 g/mol. The van der Waals surface area contributed by atoms with Gasteiger partial charge in [-0.1, -0.05) is 60.1 Å². The molecule has 194 valence electrons. The van der Waals surface area contributed by atoms with E-state index in [9.17, 15) is 14.7 Å². The van der Waals surface area contributed by atoms with Gasteiger partial charge in [0.2, 0.25) is 0 Å². The van der Waals surface area contributed by atoms with Crippen LogP contribution in [-0.4, -0.2) is 27.4 Å². The molecule has 0 radical (unpaired) electrons. The Morgan fingerprint density at radius 1 is 1.25 bits per heavy atom. The zero-order valence-corrected chi connectivity index (χ0v) is 22.8. The first-order chi connectivity index (χ1) is 17.0. The summed E-state index contributed by atoms with van der Waals surface area (Å²) in [6.45, 7) is 13.0. The smallest absolute Gasteiger partial charge is 0.405 e. The van der Waals surface area contributed by atoms with E-state index in [0.717, 1.165) is 24.1 Å². The number of hydrogen-bond donors (Lipinski definition) is 2. The third-order valence-corrected chi connectivity index (χ3v) is 6.49. The van der Waals surface area contributed by atoms with Gasteiger partial charge in [0.25, 0.3) is 5.56 Å². The molecule has 1 aromatic carbocycles. The molecule has 36 heavy (non-hydrogen) atoms. The highest BCUT2D eigenvalue weighted by Gasteiger charge is 2.35. The molecule has 0 aliphatic carbocycles. The number of aromatic nitrogens is 2. The van der Waals surface area contributed by atoms with Crippen LogP contribution >= 0.6 is 11.3 Å². The number of hydrogen-bond acceptors (Lipinski definition) is 5. The zero-order valence-electron chi connectivity index (χ0n) is 22.0. The number of unbranched alkanes of at least 4 members (excludes halogenated alkanes) is 1. The SMILES string of the molecule is CCCCOc1c(C(NC(=O)O)C(C)(C)C)n(CC(C)C)c(=O)c2ccc(C=Cc3cscn3)cc12. The molecule has 8 heteroatoms. The van der Waals surface area contributed by atoms with E-state index in [1.165, 1.54) is 11.3 Å². The van der Waals surface area contributed by atoms with Crippen LogP contribution in [0.25, 0.3) is 22.9 Å². The summed E-state index contributed by atoms with van der Waals surface area (Å²) in [4.78, 5) is 30.0. The molecule has 0 spiro atoms. The lowest BCUT2D eigenvalue weighted by molar-refractivity contribution is 0.170. The predicted octanol–water partition coefficient (Wildman–Crippen LogP) is 6.82. The average molecular weight is 512 g/mol. The van der Waals surface area contributed by atoms with E-state index < -0.39 is 17.6 Å². The summed E-state index contributed by atoms with van der Waals surface area (Å²) in [7, 11) is 0. The van der Waals surface area contributed by atoms with Gasteiger partial charge in [-0.15, -0.1) is 11.3 Å². The Morgan fingerprint density at radius 2 is 2.00 bits per heavy atom. The fourth-order valence-corrected chi connectivity index (χ4v) is 4.69. The van der Waals surface area contributed by atoms with E-state index in [1.54, 1.807) is 10.1 Å². The second-order valence-electron chi connectivity index (χ2n) is 10.5. The summed E-state index contributed by atoms with van der Waals surface area (Å²) in [5.41, 5.74) is 3.47. The van der Waals surface area contributed by atoms with Crippen molar-refractivity contribution in [3.63, 3.8) is 0 Å². The third kappa shape index (κ3) is 6.55. The molecule has 0 bridgehead atoms. The molecule has 1 amide bonds. The molecule has 3 aromatic rings. The third-order valence-electron chi connectivity index (χ3n) is 5.88. The van der Waals surface area contributed by atoms with Gasteiger partial charge >= 0.3 is 6.09 Å². The highest BCUT2D eigenvalue weighted by molar-refractivity contribution is 7.07. The van der Waals surface area contributed by atoms with Crippen molar-refractivity contribution in [2.24, 2.45) is 11.3 Å². The Morgan fingerprint density at radius 3 is 2.58 bits per heavy atom. The maximum Gasteiger partial charge on any atom is 0.405 e. The van der Waals surface area contributed by atoms with Gasteiger partial charge in [-0.2, -0.15) is 0 Å². The summed E-state index contributed by atoms with van der Waals surface area (Å²) in [5, 5.41) is 15.6. The molecule has 2 heterocycles. The minimum atomic E-state index is -1.14. The summed E-state index contributed by atoms with van der Waals surface area (Å²) in [6, 6.07) is 5.04. The summed E-state index contributed by atoms with van der Waals surface area (Å²) >= 11 is 1.53. The molecule has 0 fully saturated rings. The second kappa shape index (κ2) is 11.7. The van der Waals surface area contributed by atoms with Gasteiger partial charge < -0.3 is 19.7 Å². The number of benzene rings is 1. The maximum atomic E-state index is 13.8. The first-order valence-electron chi connectivity index (χ1n) is 12.4. The molecule has 0 aliphatic heterocycles. The molecule has 1 unspecified atom stereocenters. The van der Waals surface area contributed by atoms with Crippen molar-refractivity contribution >= 4 is 40.4 Å². The van der Waals surface area contributed by atoms with E-state index in [4.69, 9.17) is 4.74 Å². The van der Waals surface area contributed by atoms with Crippen molar-refractivity contribution in [1.29, 1.82) is 0 Å². The molecular formula is C28H37N3O4S. The molecule has 0 saturated carbocycles. The van der Waals surface area contributed by atoms with Crippen LogP contribution in [0.5, 0.6) is 5.75 Å². The molecule has 2 aromatic heterocycles. The quantitative estimate of drug-likeness (QED) is 0.291. The largest absolute Gasteiger partial charge is 0.491 e. The maximum absolute atomic E-state index is 13.8. The number of rotatable bonds is 10. The first-order valence-corrected chi connectivity index (χ1v) is 13.4. The van der Waals surface area contributed by atoms with Crippen molar-refractivity contribution in [3.05, 3.63) is 56.4 Å². The minimum Gasteiger partial charge on any atom is -0.491 e. The number of amides is 1. The number of carbonyl (C=O) groups is 1. The van der Waals surface area contributed by atoms with Crippen molar-refractivity contribution in [1.82, 2.24) is 14.9 Å². The van der Waals surface area contributed by atoms with Crippen molar-refractivity contribution < 1.29 is 14.6 Å². The van der Waals surface area contributed by atoms with Gasteiger partial charge in [-0.05, 0) is 41.5 Å². The normalized spacial score (nSPS) is 13.0. The van der Waals surface area contributed by atoms with Gasteiger partial charge in [-0.3, -0.25) is 4.79 Å². The van der Waals surface area contributed by atoms with Gasteiger partial charge in [0, 0.05) is 17.3 Å². The first kappa shape index (κ1) is 27.5. The highest BCUT2D eigenvalue weighted by Crippen LogP contribution is 2.41. The molecule has 7 nitrogen and oxygen atoms in total. The number of ether oxygens (including phenoxy) is 1. The number of thiazole rings is 1. The molecule has 0 aliphatic rings. The van der Waals surface area contributed by atoms with Crippen LogP contribution in [0.3, 0.4) is 0 Å². The van der Waals surface area contributed by atoms with Crippen LogP contribution in [0.4, 0.5) is 4.79 Å². The lowest BCUT2D eigenvalue weighted by atomic mass is 9.83. The average Bonchev–Trinajstić information content (AvgIpc) is 3.32. The van der Waals surface area contributed by atoms with E-state index in [2.05, 4.69) is 17.2 Å². The van der Waals surface area contributed by atoms with Crippen LogP contribution in [-0.2, 0) is 6.54 Å². The van der Waals surface area contributed by atoms with E-state index >= 15 is 0 Å². The Kier molecular flexibility index (Phi) is 8.95. The van der Waals surface area contributed by atoms with Gasteiger partial charge in [-0.25, -0.2) is 9.78 Å². The van der Waals surface area contributed by atoms with Gasteiger partial charge in [0.05, 0.1) is 34.9 Å². The Labute approximate surface area is 216 Å². The zero-order chi connectivity index (χ0) is 26.5. The second-order valence-corrected chi connectivity index (χ2v) is 11.2. The van der Waals surface area contributed by atoms with Gasteiger partial charge in [0.1, 0.15) is 5.75 Å².